The summed E-state index contributed by atoms with van der Waals surface area (Å²) >= 11 is 0. The Labute approximate surface area is 228 Å². The third-order valence-corrected chi connectivity index (χ3v) is 8.23. The third-order valence-electron chi connectivity index (χ3n) is 8.23. The van der Waals surface area contributed by atoms with Crippen LogP contribution in [0.1, 0.15) is 55.7 Å². The van der Waals surface area contributed by atoms with Crippen LogP contribution in [0.3, 0.4) is 0 Å². The van der Waals surface area contributed by atoms with Crippen LogP contribution in [0, 0.1) is 11.8 Å². The van der Waals surface area contributed by atoms with Gasteiger partial charge < -0.3 is 29.0 Å². The SMILES string of the molecule is COc1cc(/C=C(/NC(=O)C2CCCCC2)C(=O)N2CC3CC(C2)c2cccc(=O)n2C3)cc(OC)c1OC. The number of piperidine rings is 1. The molecule has 2 aromatic rings. The standard InChI is InChI=1S/C30H37N3O6/c1-37-25-14-19(15-26(38-2)28(25)39-3)13-23(31-29(35)21-8-5-4-6-9-21)30(36)32-16-20-12-22(18-32)24-10-7-11-27(34)33(24)17-20/h7,10-11,13-15,20-22H,4-6,8-9,12,16-18H2,1-3H3,(H,31,35)/b23-13+. The number of hydrogen-bond donors (Lipinski definition) is 1. The van der Waals surface area contributed by atoms with Gasteiger partial charge in [-0.1, -0.05) is 25.3 Å². The summed E-state index contributed by atoms with van der Waals surface area (Å²) in [5.74, 6) is 1.18. The van der Waals surface area contributed by atoms with E-state index < -0.39 is 0 Å². The molecule has 0 radical (unpaired) electrons. The number of ether oxygens (including phenoxy) is 3. The highest BCUT2D eigenvalue weighted by atomic mass is 16.5. The molecule has 2 aliphatic heterocycles. The van der Waals surface area contributed by atoms with Crippen LogP contribution in [0.5, 0.6) is 17.2 Å². The predicted octanol–water partition coefficient (Wildman–Crippen LogP) is 3.56. The zero-order valence-electron chi connectivity index (χ0n) is 22.9. The molecular formula is C30H37N3O6. The topological polar surface area (TPSA) is 99.1 Å². The van der Waals surface area contributed by atoms with Crippen molar-refractivity contribution in [2.24, 2.45) is 11.8 Å². The minimum absolute atomic E-state index is 0.00436. The van der Waals surface area contributed by atoms with E-state index >= 15 is 0 Å². The summed E-state index contributed by atoms with van der Waals surface area (Å²) < 4.78 is 18.3. The molecule has 2 atom stereocenters. The number of amides is 2. The molecule has 9 heteroatoms. The van der Waals surface area contributed by atoms with Crippen LogP contribution in [0.25, 0.3) is 6.08 Å². The summed E-state index contributed by atoms with van der Waals surface area (Å²) in [6.07, 6.45) is 7.47. The van der Waals surface area contributed by atoms with E-state index in [4.69, 9.17) is 14.2 Å². The molecular weight excluding hydrogens is 498 g/mol. The largest absolute Gasteiger partial charge is 0.493 e. The monoisotopic (exact) mass is 535 g/mol. The Kier molecular flexibility index (Phi) is 7.95. The van der Waals surface area contributed by atoms with Gasteiger partial charge in [0.2, 0.25) is 11.7 Å². The number of nitrogens with zero attached hydrogens (tertiary/aromatic N) is 2. The van der Waals surface area contributed by atoms with E-state index in [9.17, 15) is 14.4 Å². The van der Waals surface area contributed by atoms with Gasteiger partial charge >= 0.3 is 0 Å². The highest BCUT2D eigenvalue weighted by molar-refractivity contribution is 6.01. The fraction of sp³-hybridized carbons (Fsp3) is 0.500. The van der Waals surface area contributed by atoms with Crippen molar-refractivity contribution in [2.45, 2.75) is 51.0 Å². The van der Waals surface area contributed by atoms with E-state index in [1.807, 2.05) is 15.5 Å². The van der Waals surface area contributed by atoms with Gasteiger partial charge in [0.1, 0.15) is 5.70 Å². The number of methoxy groups -OCH3 is 3. The lowest BCUT2D eigenvalue weighted by molar-refractivity contribution is -0.133. The van der Waals surface area contributed by atoms with Gasteiger partial charge in [-0.3, -0.25) is 14.4 Å². The van der Waals surface area contributed by atoms with Gasteiger partial charge in [0.15, 0.2) is 11.5 Å². The van der Waals surface area contributed by atoms with E-state index in [-0.39, 0.29) is 40.8 Å². The number of likely N-dealkylation sites (tertiary alicyclic amines) is 1. The van der Waals surface area contributed by atoms with Crippen LogP contribution in [0.2, 0.25) is 0 Å². The van der Waals surface area contributed by atoms with Gasteiger partial charge in [0.25, 0.3) is 11.5 Å². The molecule has 5 rings (SSSR count). The third kappa shape index (κ3) is 5.53. The molecule has 0 spiro atoms. The van der Waals surface area contributed by atoms with Crippen LogP contribution in [0.15, 0.2) is 40.8 Å². The summed E-state index contributed by atoms with van der Waals surface area (Å²) in [5.41, 5.74) is 1.85. The quantitative estimate of drug-likeness (QED) is 0.545. The van der Waals surface area contributed by atoms with E-state index in [1.165, 1.54) is 21.3 Å². The first-order chi connectivity index (χ1) is 18.9. The summed E-state index contributed by atoms with van der Waals surface area (Å²) in [6.45, 7) is 1.61. The number of carbonyl (C=O) groups is 2. The fourth-order valence-corrected chi connectivity index (χ4v) is 6.33. The van der Waals surface area contributed by atoms with Crippen molar-refractivity contribution in [3.8, 4) is 17.2 Å². The fourth-order valence-electron chi connectivity index (χ4n) is 6.33. The van der Waals surface area contributed by atoms with Crippen LogP contribution in [0.4, 0.5) is 0 Å². The van der Waals surface area contributed by atoms with Crippen LogP contribution in [-0.4, -0.2) is 55.7 Å². The van der Waals surface area contributed by atoms with Crippen molar-refractivity contribution in [3.05, 3.63) is 57.6 Å². The highest BCUT2D eigenvalue weighted by Gasteiger charge is 2.37. The molecule has 2 fully saturated rings. The predicted molar refractivity (Wildman–Crippen MR) is 147 cm³/mol. The molecule has 3 aliphatic rings. The molecule has 2 unspecified atom stereocenters. The number of fused-ring (bicyclic) bond motifs is 4. The lowest BCUT2D eigenvalue weighted by Crippen LogP contribution is -2.51. The van der Waals surface area contributed by atoms with Crippen LogP contribution >= 0.6 is 0 Å². The molecule has 2 bridgehead atoms. The van der Waals surface area contributed by atoms with Crippen molar-refractivity contribution in [3.63, 3.8) is 0 Å². The molecule has 1 saturated heterocycles. The maximum Gasteiger partial charge on any atom is 0.270 e. The van der Waals surface area contributed by atoms with E-state index in [0.29, 0.717) is 42.4 Å². The number of aromatic nitrogens is 1. The lowest BCUT2D eigenvalue weighted by Gasteiger charge is -2.43. The Morgan fingerprint density at radius 3 is 2.33 bits per heavy atom. The van der Waals surface area contributed by atoms with Gasteiger partial charge in [-0.05, 0) is 55.0 Å². The van der Waals surface area contributed by atoms with Crippen molar-refractivity contribution in [1.29, 1.82) is 0 Å². The minimum Gasteiger partial charge on any atom is -0.493 e. The first-order valence-corrected chi connectivity index (χ1v) is 13.7. The number of pyridine rings is 1. The number of nitrogens with one attached hydrogen (secondary N) is 1. The number of carbonyl (C=O) groups excluding carboxylic acids is 2. The number of rotatable bonds is 7. The Bertz CT molecular complexity index is 1300. The Morgan fingerprint density at radius 1 is 0.949 bits per heavy atom. The highest BCUT2D eigenvalue weighted by Crippen LogP contribution is 2.39. The summed E-state index contributed by atoms with van der Waals surface area (Å²) in [4.78, 5) is 41.6. The van der Waals surface area contributed by atoms with Gasteiger partial charge in [0, 0.05) is 43.2 Å². The normalized spacial score (nSPS) is 21.1. The summed E-state index contributed by atoms with van der Waals surface area (Å²) in [7, 11) is 4.61. The first kappa shape index (κ1) is 26.8. The summed E-state index contributed by atoms with van der Waals surface area (Å²) in [5, 5.41) is 2.99. The van der Waals surface area contributed by atoms with Crippen molar-refractivity contribution in [2.75, 3.05) is 34.4 Å². The molecule has 1 N–H and O–H groups in total. The molecule has 3 heterocycles. The molecule has 1 aliphatic carbocycles. The maximum atomic E-state index is 14.1. The van der Waals surface area contributed by atoms with E-state index in [2.05, 4.69) is 5.32 Å². The second kappa shape index (κ2) is 11.6. The zero-order valence-corrected chi connectivity index (χ0v) is 22.9. The Morgan fingerprint density at radius 2 is 1.67 bits per heavy atom. The Hall–Kier alpha value is -3.75. The average Bonchev–Trinajstić information content (AvgIpc) is 2.96. The van der Waals surface area contributed by atoms with Gasteiger partial charge in [-0.15, -0.1) is 0 Å². The van der Waals surface area contributed by atoms with Crippen LogP contribution < -0.4 is 25.1 Å². The van der Waals surface area contributed by atoms with Gasteiger partial charge in [-0.25, -0.2) is 0 Å². The molecule has 39 heavy (non-hydrogen) atoms. The van der Waals surface area contributed by atoms with Crippen LogP contribution in [-0.2, 0) is 16.1 Å². The first-order valence-electron chi connectivity index (χ1n) is 13.7. The van der Waals surface area contributed by atoms with E-state index in [1.54, 1.807) is 30.3 Å². The summed E-state index contributed by atoms with van der Waals surface area (Å²) in [6, 6.07) is 8.87. The molecule has 9 nitrogen and oxygen atoms in total. The smallest absolute Gasteiger partial charge is 0.270 e. The average molecular weight is 536 g/mol. The van der Waals surface area contributed by atoms with Gasteiger partial charge in [0.05, 0.1) is 21.3 Å². The molecule has 208 valence electrons. The second-order valence-electron chi connectivity index (χ2n) is 10.7. The Balaban J connectivity index is 1.47. The minimum atomic E-state index is -0.227. The van der Waals surface area contributed by atoms with Gasteiger partial charge in [-0.2, -0.15) is 0 Å². The second-order valence-corrected chi connectivity index (χ2v) is 10.7. The molecule has 1 aromatic carbocycles. The van der Waals surface area contributed by atoms with Crippen molar-refractivity contribution >= 4 is 17.9 Å². The number of benzene rings is 1. The lowest BCUT2D eigenvalue weighted by atomic mass is 9.83. The molecule has 1 saturated carbocycles. The molecule has 1 aromatic heterocycles. The maximum absolute atomic E-state index is 14.1. The molecule has 2 amide bonds. The van der Waals surface area contributed by atoms with Crippen molar-refractivity contribution < 1.29 is 23.8 Å². The van der Waals surface area contributed by atoms with Crippen molar-refractivity contribution in [1.82, 2.24) is 14.8 Å². The zero-order chi connectivity index (χ0) is 27.5. The number of hydrogen-bond acceptors (Lipinski definition) is 6. The van der Waals surface area contributed by atoms with E-state index in [0.717, 1.165) is 44.2 Å².